The lowest BCUT2D eigenvalue weighted by Gasteiger charge is -2.28. The van der Waals surface area contributed by atoms with E-state index in [9.17, 15) is 10.2 Å². The van der Waals surface area contributed by atoms with Crippen molar-refractivity contribution in [2.45, 2.75) is 20.4 Å². The number of benzene rings is 1. The molecule has 1 aromatic heterocycles. The zero-order valence-corrected chi connectivity index (χ0v) is 10.8. The van der Waals surface area contributed by atoms with Crippen LogP contribution >= 0.6 is 0 Å². The Bertz CT molecular complexity index is 673. The van der Waals surface area contributed by atoms with Gasteiger partial charge in [-0.25, -0.2) is 4.99 Å². The second-order valence-electron chi connectivity index (χ2n) is 4.71. The summed E-state index contributed by atoms with van der Waals surface area (Å²) in [5, 5.41) is 19.2. The summed E-state index contributed by atoms with van der Waals surface area (Å²) < 4.78 is 0. The SMILES string of the molecule is CC1=Nc2cccc(C)c2CN1c1cc(O)[nH]c1O. The molecular weight excluding hydrogens is 242 g/mol. The third-order valence-corrected chi connectivity index (χ3v) is 3.43. The van der Waals surface area contributed by atoms with Crippen LogP contribution in [0.5, 0.6) is 11.8 Å². The van der Waals surface area contributed by atoms with E-state index in [0.29, 0.717) is 12.2 Å². The molecule has 5 nitrogen and oxygen atoms in total. The van der Waals surface area contributed by atoms with Crippen molar-refractivity contribution >= 4 is 17.2 Å². The van der Waals surface area contributed by atoms with Crippen LogP contribution < -0.4 is 4.90 Å². The summed E-state index contributed by atoms with van der Waals surface area (Å²) in [6.07, 6.45) is 0. The summed E-state index contributed by atoms with van der Waals surface area (Å²) in [5.41, 5.74) is 3.80. The normalized spacial score (nSPS) is 14.2. The fourth-order valence-electron chi connectivity index (χ4n) is 2.39. The number of nitrogens with zero attached hydrogens (tertiary/aromatic N) is 2. The van der Waals surface area contributed by atoms with Crippen molar-refractivity contribution < 1.29 is 10.2 Å². The molecule has 5 heteroatoms. The van der Waals surface area contributed by atoms with Crippen LogP contribution in [0.3, 0.4) is 0 Å². The first-order valence-electron chi connectivity index (χ1n) is 6.08. The Morgan fingerprint density at radius 1 is 1.26 bits per heavy atom. The van der Waals surface area contributed by atoms with Crippen LogP contribution in [0.4, 0.5) is 11.4 Å². The quantitative estimate of drug-likeness (QED) is 0.735. The first kappa shape index (κ1) is 11.6. The second-order valence-corrected chi connectivity index (χ2v) is 4.71. The maximum Gasteiger partial charge on any atom is 0.215 e. The van der Waals surface area contributed by atoms with E-state index >= 15 is 0 Å². The first-order valence-corrected chi connectivity index (χ1v) is 6.08. The number of rotatable bonds is 1. The van der Waals surface area contributed by atoms with Gasteiger partial charge in [-0.3, -0.25) is 4.98 Å². The Morgan fingerprint density at radius 3 is 2.74 bits per heavy atom. The maximum absolute atomic E-state index is 9.81. The van der Waals surface area contributed by atoms with Gasteiger partial charge in [-0.1, -0.05) is 12.1 Å². The molecule has 2 heterocycles. The number of hydrogen-bond donors (Lipinski definition) is 3. The Hall–Kier alpha value is -2.43. The smallest absolute Gasteiger partial charge is 0.215 e. The molecule has 3 N–H and O–H groups in total. The maximum atomic E-state index is 9.81. The number of hydrogen-bond acceptors (Lipinski definition) is 4. The molecule has 98 valence electrons. The molecule has 3 rings (SSSR count). The van der Waals surface area contributed by atoms with Crippen molar-refractivity contribution in [3.05, 3.63) is 35.4 Å². The topological polar surface area (TPSA) is 71.8 Å². The fraction of sp³-hybridized carbons (Fsp3) is 0.214. The monoisotopic (exact) mass is 257 g/mol. The number of amidine groups is 1. The standard InChI is InChI=1S/C14H15N3O2/c1-8-4-3-5-11-10(8)7-17(9(2)15-11)12-6-13(18)16-14(12)19/h3-6,16,18-19H,7H2,1-2H3. The minimum absolute atomic E-state index is 0.0518. The number of aromatic nitrogens is 1. The van der Waals surface area contributed by atoms with Crippen LogP contribution in [0.1, 0.15) is 18.1 Å². The zero-order valence-electron chi connectivity index (χ0n) is 10.8. The van der Waals surface area contributed by atoms with Gasteiger partial charge in [0, 0.05) is 11.6 Å². The summed E-state index contributed by atoms with van der Waals surface area (Å²) in [6.45, 7) is 4.55. The van der Waals surface area contributed by atoms with Crippen molar-refractivity contribution in [3.8, 4) is 11.8 Å². The lowest BCUT2D eigenvalue weighted by atomic mass is 10.0. The largest absolute Gasteiger partial charge is 0.494 e. The third-order valence-electron chi connectivity index (χ3n) is 3.43. The van der Waals surface area contributed by atoms with Gasteiger partial charge in [0.15, 0.2) is 5.88 Å². The van der Waals surface area contributed by atoms with E-state index in [4.69, 9.17) is 0 Å². The number of fused-ring (bicyclic) bond motifs is 1. The van der Waals surface area contributed by atoms with Crippen LogP contribution in [0.15, 0.2) is 29.3 Å². The van der Waals surface area contributed by atoms with Crippen molar-refractivity contribution in [2.75, 3.05) is 4.90 Å². The van der Waals surface area contributed by atoms with Gasteiger partial charge in [0.05, 0.1) is 12.2 Å². The molecule has 0 saturated carbocycles. The van der Waals surface area contributed by atoms with E-state index in [-0.39, 0.29) is 11.8 Å². The van der Waals surface area contributed by atoms with E-state index < -0.39 is 0 Å². The van der Waals surface area contributed by atoms with Gasteiger partial charge in [0.25, 0.3) is 0 Å². The molecule has 0 atom stereocenters. The predicted octanol–water partition coefficient (Wildman–Crippen LogP) is 2.80. The Morgan fingerprint density at radius 2 is 2.05 bits per heavy atom. The van der Waals surface area contributed by atoms with Crippen LogP contribution in [0, 0.1) is 6.92 Å². The second kappa shape index (κ2) is 4.05. The summed E-state index contributed by atoms with van der Waals surface area (Å²) in [7, 11) is 0. The third kappa shape index (κ3) is 1.83. The van der Waals surface area contributed by atoms with Crippen molar-refractivity contribution in [3.63, 3.8) is 0 Å². The van der Waals surface area contributed by atoms with Gasteiger partial charge < -0.3 is 15.1 Å². The van der Waals surface area contributed by atoms with Crippen LogP contribution in [-0.4, -0.2) is 21.0 Å². The summed E-state index contributed by atoms with van der Waals surface area (Å²) in [6, 6.07) is 7.51. The van der Waals surface area contributed by atoms with Gasteiger partial charge in [-0.15, -0.1) is 0 Å². The molecular formula is C14H15N3O2. The molecule has 1 aliphatic heterocycles. The van der Waals surface area contributed by atoms with E-state index in [0.717, 1.165) is 22.6 Å². The fourth-order valence-corrected chi connectivity index (χ4v) is 2.39. The van der Waals surface area contributed by atoms with Crippen molar-refractivity contribution in [1.82, 2.24) is 4.98 Å². The van der Waals surface area contributed by atoms with E-state index in [1.165, 1.54) is 6.07 Å². The number of aryl methyl sites for hydroxylation is 1. The Kier molecular flexibility index (Phi) is 2.48. The van der Waals surface area contributed by atoms with Gasteiger partial charge in [-0.2, -0.15) is 0 Å². The summed E-state index contributed by atoms with van der Waals surface area (Å²) >= 11 is 0. The number of aliphatic imine (C=N–C) groups is 1. The molecule has 0 fully saturated rings. The molecule has 0 spiro atoms. The molecule has 1 aliphatic rings. The molecule has 0 bridgehead atoms. The molecule has 0 saturated heterocycles. The number of aromatic hydroxyl groups is 2. The lowest BCUT2D eigenvalue weighted by Crippen LogP contribution is -2.30. The minimum atomic E-state index is -0.0594. The minimum Gasteiger partial charge on any atom is -0.494 e. The molecule has 1 aromatic carbocycles. The summed E-state index contributed by atoms with van der Waals surface area (Å²) in [5.74, 6) is 0.673. The molecule has 2 aromatic rings. The molecule has 0 radical (unpaired) electrons. The molecule has 0 unspecified atom stereocenters. The van der Waals surface area contributed by atoms with Crippen LogP contribution in [-0.2, 0) is 6.54 Å². The van der Waals surface area contributed by atoms with Gasteiger partial charge in [-0.05, 0) is 25.5 Å². The van der Waals surface area contributed by atoms with Gasteiger partial charge in [0.2, 0.25) is 5.88 Å². The molecule has 0 amide bonds. The summed E-state index contributed by atoms with van der Waals surface area (Å²) in [4.78, 5) is 8.91. The number of anilines is 1. The highest BCUT2D eigenvalue weighted by atomic mass is 16.3. The van der Waals surface area contributed by atoms with Gasteiger partial charge in [0.1, 0.15) is 11.5 Å². The molecule has 19 heavy (non-hydrogen) atoms. The highest BCUT2D eigenvalue weighted by Crippen LogP contribution is 2.36. The first-order chi connectivity index (χ1) is 9.06. The number of H-pyrrole nitrogens is 1. The van der Waals surface area contributed by atoms with E-state index in [1.54, 1.807) is 0 Å². The highest BCUT2D eigenvalue weighted by Gasteiger charge is 2.23. The average Bonchev–Trinajstić information content (AvgIpc) is 2.68. The van der Waals surface area contributed by atoms with Crippen LogP contribution in [0.25, 0.3) is 0 Å². The average molecular weight is 257 g/mol. The van der Waals surface area contributed by atoms with Crippen LogP contribution in [0.2, 0.25) is 0 Å². The lowest BCUT2D eigenvalue weighted by molar-refractivity contribution is 0.425. The number of aromatic amines is 1. The van der Waals surface area contributed by atoms with Crippen molar-refractivity contribution in [1.29, 1.82) is 0 Å². The number of nitrogens with one attached hydrogen (secondary N) is 1. The Balaban J connectivity index is 2.08. The molecule has 0 aliphatic carbocycles. The zero-order chi connectivity index (χ0) is 13.6. The highest BCUT2D eigenvalue weighted by molar-refractivity contribution is 6.00. The van der Waals surface area contributed by atoms with E-state index in [2.05, 4.69) is 9.98 Å². The van der Waals surface area contributed by atoms with E-state index in [1.807, 2.05) is 36.9 Å². The Labute approximate surface area is 110 Å². The van der Waals surface area contributed by atoms with Crippen molar-refractivity contribution in [2.24, 2.45) is 4.99 Å². The van der Waals surface area contributed by atoms with Gasteiger partial charge >= 0.3 is 0 Å². The predicted molar refractivity (Wildman–Crippen MR) is 74.3 cm³/mol.